The minimum Gasteiger partial charge on any atom is -0.366 e. The number of fused-ring (bicyclic) bond motifs is 1. The van der Waals surface area contributed by atoms with Crippen LogP contribution < -0.4 is 10.6 Å². The third-order valence-electron chi connectivity index (χ3n) is 3.64. The predicted molar refractivity (Wildman–Crippen MR) is 74.4 cm³/mol. The van der Waals surface area contributed by atoms with Crippen LogP contribution in [0.2, 0.25) is 0 Å². The van der Waals surface area contributed by atoms with Crippen molar-refractivity contribution in [2.45, 2.75) is 45.7 Å². The Bertz CT molecular complexity index is 371. The molecule has 1 aliphatic heterocycles. The lowest BCUT2D eigenvalue weighted by Crippen LogP contribution is -2.46. The number of rotatable bonds is 4. The van der Waals surface area contributed by atoms with Gasteiger partial charge < -0.3 is 10.6 Å². The highest BCUT2D eigenvalue weighted by atomic mass is 15.2. The van der Waals surface area contributed by atoms with Crippen LogP contribution in [0.4, 0.5) is 5.69 Å². The van der Waals surface area contributed by atoms with E-state index in [4.69, 9.17) is 5.73 Å². The number of hydrogen-bond donors (Lipinski definition) is 1. The van der Waals surface area contributed by atoms with Crippen LogP contribution >= 0.6 is 0 Å². The van der Waals surface area contributed by atoms with Gasteiger partial charge in [0.05, 0.1) is 0 Å². The first-order valence-corrected chi connectivity index (χ1v) is 6.69. The van der Waals surface area contributed by atoms with Crippen molar-refractivity contribution in [1.29, 1.82) is 0 Å². The minimum absolute atomic E-state index is 0.226. The summed E-state index contributed by atoms with van der Waals surface area (Å²) in [6.07, 6.45) is 2.34. The number of benzene rings is 1. The largest absolute Gasteiger partial charge is 0.366 e. The third kappa shape index (κ3) is 2.63. The van der Waals surface area contributed by atoms with Crippen molar-refractivity contribution in [3.8, 4) is 0 Å². The maximum absolute atomic E-state index is 6.18. The second-order valence-corrected chi connectivity index (χ2v) is 5.63. The molecule has 1 aromatic carbocycles. The molecule has 17 heavy (non-hydrogen) atoms. The second-order valence-electron chi connectivity index (χ2n) is 5.63. The van der Waals surface area contributed by atoms with Gasteiger partial charge in [0.2, 0.25) is 0 Å². The van der Waals surface area contributed by atoms with E-state index in [0.29, 0.717) is 12.0 Å². The van der Waals surface area contributed by atoms with E-state index in [0.717, 1.165) is 13.0 Å². The third-order valence-corrected chi connectivity index (χ3v) is 3.64. The van der Waals surface area contributed by atoms with Crippen molar-refractivity contribution in [1.82, 2.24) is 0 Å². The van der Waals surface area contributed by atoms with Gasteiger partial charge in [0.1, 0.15) is 0 Å². The van der Waals surface area contributed by atoms with Gasteiger partial charge in [0, 0.05) is 24.3 Å². The highest BCUT2D eigenvalue weighted by Gasteiger charge is 2.28. The number of anilines is 1. The zero-order valence-electron chi connectivity index (χ0n) is 11.2. The van der Waals surface area contributed by atoms with Crippen LogP contribution in [0, 0.1) is 5.92 Å². The van der Waals surface area contributed by atoms with Crippen molar-refractivity contribution < 1.29 is 0 Å². The summed E-state index contributed by atoms with van der Waals surface area (Å²) in [6, 6.07) is 9.43. The molecule has 1 aliphatic rings. The Balaban J connectivity index is 2.21. The van der Waals surface area contributed by atoms with Crippen molar-refractivity contribution in [2.24, 2.45) is 11.7 Å². The molecule has 0 bridgehead atoms. The Hall–Kier alpha value is -1.02. The molecular weight excluding hydrogens is 208 g/mol. The summed E-state index contributed by atoms with van der Waals surface area (Å²) < 4.78 is 0. The van der Waals surface area contributed by atoms with E-state index < -0.39 is 0 Å². The highest BCUT2D eigenvalue weighted by Crippen LogP contribution is 2.31. The summed E-state index contributed by atoms with van der Waals surface area (Å²) >= 11 is 0. The Morgan fingerprint density at radius 1 is 1.24 bits per heavy atom. The van der Waals surface area contributed by atoms with Gasteiger partial charge in [-0.05, 0) is 37.3 Å². The van der Waals surface area contributed by atoms with Crippen LogP contribution in [0.25, 0.3) is 0 Å². The Labute approximate surface area is 105 Å². The first kappa shape index (κ1) is 12.4. The molecular formula is C15H24N2. The van der Waals surface area contributed by atoms with E-state index >= 15 is 0 Å². The molecule has 0 unspecified atom stereocenters. The molecule has 0 spiro atoms. The lowest BCUT2D eigenvalue weighted by atomic mass is 9.97. The lowest BCUT2D eigenvalue weighted by molar-refractivity contribution is 0.424. The molecule has 94 valence electrons. The van der Waals surface area contributed by atoms with Gasteiger partial charge in [-0.25, -0.2) is 0 Å². The SMILES string of the molecule is CC(C)C[C@H]([C@H](C)N)N1CCc2ccccc21. The van der Waals surface area contributed by atoms with Crippen LogP contribution in [0.5, 0.6) is 0 Å². The van der Waals surface area contributed by atoms with Crippen molar-refractivity contribution in [2.75, 3.05) is 11.4 Å². The number of para-hydroxylation sites is 1. The number of nitrogens with zero attached hydrogens (tertiary/aromatic N) is 1. The Morgan fingerprint density at radius 2 is 1.94 bits per heavy atom. The molecule has 0 radical (unpaired) electrons. The lowest BCUT2D eigenvalue weighted by Gasteiger charge is -2.34. The molecule has 0 aliphatic carbocycles. The fraction of sp³-hybridized carbons (Fsp3) is 0.600. The van der Waals surface area contributed by atoms with E-state index in [-0.39, 0.29) is 6.04 Å². The quantitative estimate of drug-likeness (QED) is 0.865. The van der Waals surface area contributed by atoms with Crippen molar-refractivity contribution in [3.05, 3.63) is 29.8 Å². The molecule has 1 aromatic rings. The molecule has 2 atom stereocenters. The van der Waals surface area contributed by atoms with E-state index in [1.54, 1.807) is 0 Å². The molecule has 2 N–H and O–H groups in total. The van der Waals surface area contributed by atoms with Gasteiger partial charge in [0.15, 0.2) is 0 Å². The first-order valence-electron chi connectivity index (χ1n) is 6.69. The summed E-state index contributed by atoms with van der Waals surface area (Å²) in [5.74, 6) is 0.693. The van der Waals surface area contributed by atoms with Gasteiger partial charge >= 0.3 is 0 Å². The van der Waals surface area contributed by atoms with E-state index in [2.05, 4.69) is 49.9 Å². The normalized spacial score (nSPS) is 18.3. The van der Waals surface area contributed by atoms with E-state index in [1.807, 2.05) is 0 Å². The summed E-state index contributed by atoms with van der Waals surface area (Å²) in [5, 5.41) is 0. The monoisotopic (exact) mass is 232 g/mol. The zero-order chi connectivity index (χ0) is 12.4. The molecule has 0 amide bonds. The maximum Gasteiger partial charge on any atom is 0.0441 e. The van der Waals surface area contributed by atoms with Crippen molar-refractivity contribution in [3.63, 3.8) is 0 Å². The van der Waals surface area contributed by atoms with Gasteiger partial charge in [-0.1, -0.05) is 32.0 Å². The fourth-order valence-electron chi connectivity index (χ4n) is 2.82. The van der Waals surface area contributed by atoms with E-state index in [1.165, 1.54) is 17.7 Å². The summed E-state index contributed by atoms with van der Waals surface area (Å²) in [5.41, 5.74) is 9.05. The highest BCUT2D eigenvalue weighted by molar-refractivity contribution is 5.58. The van der Waals surface area contributed by atoms with Gasteiger partial charge in [0.25, 0.3) is 0 Å². The predicted octanol–water partition coefficient (Wildman–Crippen LogP) is 2.81. The van der Waals surface area contributed by atoms with Gasteiger partial charge in [-0.2, -0.15) is 0 Å². The molecule has 0 aromatic heterocycles. The summed E-state index contributed by atoms with van der Waals surface area (Å²) in [4.78, 5) is 2.51. The number of nitrogens with two attached hydrogens (primary N) is 1. The smallest absolute Gasteiger partial charge is 0.0441 e. The minimum atomic E-state index is 0.226. The van der Waals surface area contributed by atoms with Crippen LogP contribution in [0.1, 0.15) is 32.8 Å². The molecule has 0 fully saturated rings. The average molecular weight is 232 g/mol. The molecule has 0 saturated carbocycles. The van der Waals surface area contributed by atoms with Crippen molar-refractivity contribution >= 4 is 5.69 Å². The molecule has 2 heteroatoms. The van der Waals surface area contributed by atoms with Gasteiger partial charge in [-0.3, -0.25) is 0 Å². The maximum atomic E-state index is 6.18. The van der Waals surface area contributed by atoms with Crippen LogP contribution in [-0.4, -0.2) is 18.6 Å². The summed E-state index contributed by atoms with van der Waals surface area (Å²) in [6.45, 7) is 7.81. The van der Waals surface area contributed by atoms with Crippen LogP contribution in [-0.2, 0) is 6.42 Å². The first-order chi connectivity index (χ1) is 8.09. The molecule has 2 nitrogen and oxygen atoms in total. The topological polar surface area (TPSA) is 29.3 Å². The fourth-order valence-corrected chi connectivity index (χ4v) is 2.82. The molecule has 0 saturated heterocycles. The Kier molecular flexibility index (Phi) is 3.72. The number of hydrogen-bond acceptors (Lipinski definition) is 2. The van der Waals surface area contributed by atoms with Crippen LogP contribution in [0.15, 0.2) is 24.3 Å². The second kappa shape index (κ2) is 5.09. The standard InChI is InChI=1S/C15H24N2/c1-11(2)10-15(12(3)16)17-9-8-13-6-4-5-7-14(13)17/h4-7,11-12,15H,8-10,16H2,1-3H3/t12-,15+/m0/s1. The van der Waals surface area contributed by atoms with Crippen LogP contribution in [0.3, 0.4) is 0 Å². The zero-order valence-corrected chi connectivity index (χ0v) is 11.2. The average Bonchev–Trinajstić information content (AvgIpc) is 2.69. The summed E-state index contributed by atoms with van der Waals surface area (Å²) in [7, 11) is 0. The molecule has 1 heterocycles. The van der Waals surface area contributed by atoms with E-state index in [9.17, 15) is 0 Å². The van der Waals surface area contributed by atoms with Gasteiger partial charge in [-0.15, -0.1) is 0 Å². The Morgan fingerprint density at radius 3 is 2.59 bits per heavy atom. The molecule has 2 rings (SSSR count).